The molecule has 0 atom stereocenters. The molecule has 7 nitrogen and oxygen atoms in total. The fraction of sp³-hybridized carbons (Fsp3) is 0.250. The number of nitro groups is 1. The Hall–Kier alpha value is -1.22. The van der Waals surface area contributed by atoms with Crippen LogP contribution in [0.1, 0.15) is 6.92 Å². The van der Waals surface area contributed by atoms with Crippen molar-refractivity contribution in [2.75, 3.05) is 6.61 Å². The summed E-state index contributed by atoms with van der Waals surface area (Å²) >= 11 is 5.56. The molecule has 0 unspecified atom stereocenters. The van der Waals surface area contributed by atoms with Gasteiger partial charge in [-0.05, 0) is 19.1 Å². The molecule has 9 heteroatoms. The predicted octanol–water partition coefficient (Wildman–Crippen LogP) is 1.48. The van der Waals surface area contributed by atoms with Crippen molar-refractivity contribution in [3.05, 3.63) is 33.3 Å². The summed E-state index contributed by atoms with van der Waals surface area (Å²) in [6.07, 6.45) is 0. The summed E-state index contributed by atoms with van der Waals surface area (Å²) in [4.78, 5) is 15.9. The van der Waals surface area contributed by atoms with E-state index in [1.807, 2.05) is 4.89 Å². The van der Waals surface area contributed by atoms with E-state index in [0.717, 1.165) is 18.2 Å². The predicted molar refractivity (Wildman–Crippen MR) is 60.1 cm³/mol. The molecule has 1 rings (SSSR count). The van der Waals surface area contributed by atoms with Gasteiger partial charge in [0.25, 0.3) is 15.7 Å². The first-order valence-electron chi connectivity index (χ1n) is 4.46. The Morgan fingerprint density at radius 2 is 2.18 bits per heavy atom. The minimum Gasteiger partial charge on any atom is -0.287 e. The molecule has 0 bridgehead atoms. The molecule has 0 aliphatic heterocycles. The van der Waals surface area contributed by atoms with Crippen LogP contribution in [0.2, 0.25) is 5.02 Å². The maximum atomic E-state index is 11.6. The Labute approximate surface area is 102 Å². The fourth-order valence-electron chi connectivity index (χ4n) is 0.984. The molecule has 0 aliphatic carbocycles. The maximum Gasteiger partial charge on any atom is 0.289 e. The topological polar surface area (TPSA) is 98.5 Å². The standard InChI is InChI=1S/C8H9ClN2O5S/c1-2-16-10-17(14,15)6-3-4-7(9)8(5-6)11(12)13/h3-5,10H,2H2,1H3. The first-order chi connectivity index (χ1) is 7.88. The zero-order chi connectivity index (χ0) is 13.1. The number of nitrogens with zero attached hydrogens (tertiary/aromatic N) is 1. The van der Waals surface area contributed by atoms with Crippen LogP contribution in [0.3, 0.4) is 0 Å². The smallest absolute Gasteiger partial charge is 0.287 e. The molecular weight excluding hydrogens is 272 g/mol. The molecule has 0 spiro atoms. The van der Waals surface area contributed by atoms with Gasteiger partial charge in [-0.25, -0.2) is 8.42 Å². The summed E-state index contributed by atoms with van der Waals surface area (Å²) in [5.74, 6) is 0. The number of benzene rings is 1. The Kier molecular flexibility index (Phi) is 4.40. The number of halogens is 1. The SMILES string of the molecule is CCONS(=O)(=O)c1ccc(Cl)c([N+](=O)[O-])c1. The molecule has 0 radical (unpaired) electrons. The van der Waals surface area contributed by atoms with Crippen LogP contribution in [0.5, 0.6) is 0 Å². The van der Waals surface area contributed by atoms with Gasteiger partial charge in [0.1, 0.15) is 5.02 Å². The number of nitro benzene ring substituents is 1. The average molecular weight is 281 g/mol. The number of hydrogen-bond donors (Lipinski definition) is 1. The highest BCUT2D eigenvalue weighted by Gasteiger charge is 2.20. The molecule has 1 aromatic rings. The Morgan fingerprint density at radius 3 is 2.71 bits per heavy atom. The molecule has 0 aliphatic rings. The third-order valence-electron chi connectivity index (χ3n) is 1.74. The highest BCUT2D eigenvalue weighted by atomic mass is 35.5. The van der Waals surface area contributed by atoms with Crippen molar-refractivity contribution in [1.82, 2.24) is 4.89 Å². The van der Waals surface area contributed by atoms with E-state index in [4.69, 9.17) is 11.6 Å². The van der Waals surface area contributed by atoms with E-state index in [2.05, 4.69) is 4.84 Å². The molecule has 0 fully saturated rings. The maximum absolute atomic E-state index is 11.6. The summed E-state index contributed by atoms with van der Waals surface area (Å²) in [6, 6.07) is 3.15. The largest absolute Gasteiger partial charge is 0.289 e. The quantitative estimate of drug-likeness (QED) is 0.650. The van der Waals surface area contributed by atoms with Gasteiger partial charge in [-0.2, -0.15) is 0 Å². The van der Waals surface area contributed by atoms with Crippen molar-refractivity contribution in [2.24, 2.45) is 0 Å². The minimum absolute atomic E-state index is 0.134. The van der Waals surface area contributed by atoms with E-state index >= 15 is 0 Å². The molecule has 0 saturated heterocycles. The summed E-state index contributed by atoms with van der Waals surface area (Å²) in [7, 11) is -3.93. The molecule has 0 amide bonds. The van der Waals surface area contributed by atoms with Crippen LogP contribution in [-0.4, -0.2) is 19.9 Å². The van der Waals surface area contributed by atoms with Crippen molar-refractivity contribution in [3.63, 3.8) is 0 Å². The van der Waals surface area contributed by atoms with E-state index in [1.54, 1.807) is 6.92 Å². The van der Waals surface area contributed by atoms with Crippen molar-refractivity contribution in [2.45, 2.75) is 11.8 Å². The zero-order valence-corrected chi connectivity index (χ0v) is 10.3. The van der Waals surface area contributed by atoms with Crippen LogP contribution < -0.4 is 4.89 Å². The first kappa shape index (κ1) is 13.8. The normalized spacial score (nSPS) is 11.4. The molecule has 0 saturated carbocycles. The van der Waals surface area contributed by atoms with Crippen molar-refractivity contribution >= 4 is 27.3 Å². The molecule has 0 heterocycles. The lowest BCUT2D eigenvalue weighted by Gasteiger charge is -2.05. The van der Waals surface area contributed by atoms with Crippen LogP contribution in [-0.2, 0) is 14.9 Å². The van der Waals surface area contributed by atoms with Crippen LogP contribution >= 0.6 is 11.6 Å². The molecule has 0 aromatic heterocycles. The Morgan fingerprint density at radius 1 is 1.53 bits per heavy atom. The Balaban J connectivity index is 3.16. The van der Waals surface area contributed by atoms with Gasteiger partial charge in [0.2, 0.25) is 0 Å². The summed E-state index contributed by atoms with van der Waals surface area (Å²) in [6.45, 7) is 1.72. The van der Waals surface area contributed by atoms with E-state index < -0.39 is 20.6 Å². The second-order valence-corrected chi connectivity index (χ2v) is 4.94. The van der Waals surface area contributed by atoms with E-state index in [1.165, 1.54) is 0 Å². The summed E-state index contributed by atoms with van der Waals surface area (Å²) in [5, 5.41) is 10.5. The lowest BCUT2D eigenvalue weighted by molar-refractivity contribution is -0.384. The highest BCUT2D eigenvalue weighted by Crippen LogP contribution is 2.26. The average Bonchev–Trinajstić information content (AvgIpc) is 2.26. The van der Waals surface area contributed by atoms with Gasteiger partial charge in [0.05, 0.1) is 16.4 Å². The van der Waals surface area contributed by atoms with Gasteiger partial charge in [-0.1, -0.05) is 16.5 Å². The van der Waals surface area contributed by atoms with Gasteiger partial charge in [-0.15, -0.1) is 0 Å². The lowest BCUT2D eigenvalue weighted by atomic mass is 10.3. The minimum atomic E-state index is -3.93. The van der Waals surface area contributed by atoms with Gasteiger partial charge in [-0.3, -0.25) is 15.0 Å². The van der Waals surface area contributed by atoms with Crippen LogP contribution in [0.25, 0.3) is 0 Å². The zero-order valence-electron chi connectivity index (χ0n) is 8.71. The second kappa shape index (κ2) is 5.41. The van der Waals surface area contributed by atoms with E-state index in [9.17, 15) is 18.5 Å². The highest BCUT2D eigenvalue weighted by molar-refractivity contribution is 7.89. The molecule has 94 valence electrons. The van der Waals surface area contributed by atoms with Crippen LogP contribution in [0.4, 0.5) is 5.69 Å². The van der Waals surface area contributed by atoms with Gasteiger partial charge in [0.15, 0.2) is 0 Å². The molecule has 1 N–H and O–H groups in total. The van der Waals surface area contributed by atoms with Gasteiger partial charge in [0, 0.05) is 6.07 Å². The van der Waals surface area contributed by atoms with Gasteiger partial charge < -0.3 is 0 Å². The van der Waals surface area contributed by atoms with Crippen molar-refractivity contribution in [3.8, 4) is 0 Å². The van der Waals surface area contributed by atoms with Crippen molar-refractivity contribution < 1.29 is 18.2 Å². The van der Waals surface area contributed by atoms with Crippen LogP contribution in [0, 0.1) is 10.1 Å². The fourth-order valence-corrected chi connectivity index (χ4v) is 2.05. The summed E-state index contributed by atoms with van der Waals surface area (Å²) in [5.41, 5.74) is -0.481. The monoisotopic (exact) mass is 280 g/mol. The number of sulfonamides is 1. The van der Waals surface area contributed by atoms with E-state index in [0.29, 0.717) is 0 Å². The van der Waals surface area contributed by atoms with Crippen molar-refractivity contribution in [1.29, 1.82) is 0 Å². The third kappa shape index (κ3) is 3.37. The molecule has 17 heavy (non-hydrogen) atoms. The number of rotatable bonds is 5. The Bertz CT molecular complexity index is 531. The van der Waals surface area contributed by atoms with Gasteiger partial charge >= 0.3 is 0 Å². The molecule has 1 aromatic carbocycles. The third-order valence-corrected chi connectivity index (χ3v) is 3.27. The number of nitrogens with one attached hydrogen (secondary N) is 1. The van der Waals surface area contributed by atoms with E-state index in [-0.39, 0.29) is 16.5 Å². The summed E-state index contributed by atoms with van der Waals surface area (Å²) < 4.78 is 23.2. The number of hydrogen-bond acceptors (Lipinski definition) is 5. The second-order valence-electron chi connectivity index (χ2n) is 2.89. The first-order valence-corrected chi connectivity index (χ1v) is 6.32. The molecular formula is C8H9ClN2O5S. The van der Waals surface area contributed by atoms with Crippen LogP contribution in [0.15, 0.2) is 23.1 Å². The lowest BCUT2D eigenvalue weighted by Crippen LogP contribution is -2.24.